The maximum absolute atomic E-state index is 12.7. The minimum absolute atomic E-state index is 0.0638. The average molecular weight is 377 g/mol. The Morgan fingerprint density at radius 3 is 2.57 bits per heavy atom. The standard InChI is InChI=1S/C23H27N3O2/c1-2-17(18-8-4-3-5-9-18)16-24-22(27)19-12-14-26(15-13-19)23-25-20-10-6-7-11-21(20)28-23/h3-11,17,19H,2,12-16H2,1H3,(H,24,27). The van der Waals surface area contributed by atoms with Gasteiger partial charge in [-0.2, -0.15) is 4.98 Å². The van der Waals surface area contributed by atoms with Gasteiger partial charge in [0.05, 0.1) is 0 Å². The van der Waals surface area contributed by atoms with Crippen molar-refractivity contribution in [3.63, 3.8) is 0 Å². The summed E-state index contributed by atoms with van der Waals surface area (Å²) in [6, 6.07) is 18.9. The smallest absolute Gasteiger partial charge is 0.298 e. The molecule has 0 saturated carbocycles. The van der Waals surface area contributed by atoms with Gasteiger partial charge in [-0.25, -0.2) is 0 Å². The van der Waals surface area contributed by atoms with E-state index in [0.29, 0.717) is 18.5 Å². The lowest BCUT2D eigenvalue weighted by atomic mass is 9.94. The third-order valence-corrected chi connectivity index (χ3v) is 5.71. The zero-order valence-electron chi connectivity index (χ0n) is 16.3. The number of benzene rings is 2. The van der Waals surface area contributed by atoms with Crippen molar-refractivity contribution in [1.29, 1.82) is 0 Å². The number of aromatic nitrogens is 1. The number of anilines is 1. The topological polar surface area (TPSA) is 58.4 Å². The number of hydrogen-bond acceptors (Lipinski definition) is 4. The van der Waals surface area contributed by atoms with Gasteiger partial charge in [0.1, 0.15) is 5.52 Å². The summed E-state index contributed by atoms with van der Waals surface area (Å²) in [4.78, 5) is 19.4. The van der Waals surface area contributed by atoms with Crippen LogP contribution >= 0.6 is 0 Å². The Morgan fingerprint density at radius 2 is 1.86 bits per heavy atom. The second-order valence-electron chi connectivity index (χ2n) is 7.49. The van der Waals surface area contributed by atoms with Crippen LogP contribution in [0, 0.1) is 5.92 Å². The van der Waals surface area contributed by atoms with Gasteiger partial charge in [0.25, 0.3) is 6.01 Å². The minimum atomic E-state index is 0.0638. The van der Waals surface area contributed by atoms with E-state index in [-0.39, 0.29) is 11.8 Å². The van der Waals surface area contributed by atoms with Gasteiger partial charge < -0.3 is 14.6 Å². The van der Waals surface area contributed by atoms with Crippen LogP contribution in [0.5, 0.6) is 0 Å². The molecule has 0 radical (unpaired) electrons. The first-order valence-electron chi connectivity index (χ1n) is 10.2. The van der Waals surface area contributed by atoms with E-state index in [1.54, 1.807) is 0 Å². The van der Waals surface area contributed by atoms with Crippen LogP contribution in [0.1, 0.15) is 37.7 Å². The molecule has 0 aliphatic carbocycles. The Morgan fingerprint density at radius 1 is 1.14 bits per heavy atom. The monoisotopic (exact) mass is 377 g/mol. The van der Waals surface area contributed by atoms with E-state index < -0.39 is 0 Å². The lowest BCUT2D eigenvalue weighted by Gasteiger charge is -2.30. The first kappa shape index (κ1) is 18.5. The van der Waals surface area contributed by atoms with E-state index in [0.717, 1.165) is 43.5 Å². The molecule has 1 aromatic heterocycles. The molecule has 2 heterocycles. The van der Waals surface area contributed by atoms with Gasteiger partial charge >= 0.3 is 0 Å². The van der Waals surface area contributed by atoms with Crippen LogP contribution in [0.15, 0.2) is 59.0 Å². The second kappa shape index (κ2) is 8.46. The van der Waals surface area contributed by atoms with E-state index in [1.165, 1.54) is 5.56 Å². The number of rotatable bonds is 6. The predicted molar refractivity (Wildman–Crippen MR) is 111 cm³/mol. The summed E-state index contributed by atoms with van der Waals surface area (Å²) >= 11 is 0. The fourth-order valence-electron chi connectivity index (χ4n) is 3.92. The van der Waals surface area contributed by atoms with Gasteiger partial charge in [-0.05, 0) is 37.0 Å². The lowest BCUT2D eigenvalue weighted by Crippen LogP contribution is -2.41. The molecule has 1 atom stereocenters. The van der Waals surface area contributed by atoms with Crippen LogP contribution < -0.4 is 10.2 Å². The summed E-state index contributed by atoms with van der Waals surface area (Å²) in [5.41, 5.74) is 2.98. The largest absolute Gasteiger partial charge is 0.423 e. The first-order valence-corrected chi connectivity index (χ1v) is 10.2. The zero-order valence-corrected chi connectivity index (χ0v) is 16.3. The van der Waals surface area contributed by atoms with E-state index in [4.69, 9.17) is 4.42 Å². The van der Waals surface area contributed by atoms with E-state index >= 15 is 0 Å². The van der Waals surface area contributed by atoms with Gasteiger partial charge in [-0.15, -0.1) is 0 Å². The van der Waals surface area contributed by atoms with Crippen molar-refractivity contribution in [2.45, 2.75) is 32.1 Å². The molecule has 0 bridgehead atoms. The number of piperidine rings is 1. The number of oxazole rings is 1. The summed E-state index contributed by atoms with van der Waals surface area (Å²) < 4.78 is 5.86. The van der Waals surface area contributed by atoms with Crippen molar-refractivity contribution in [2.24, 2.45) is 5.92 Å². The normalized spacial score (nSPS) is 16.2. The molecule has 146 valence electrons. The molecule has 3 aromatic rings. The van der Waals surface area contributed by atoms with Gasteiger partial charge in [0.2, 0.25) is 5.91 Å². The maximum Gasteiger partial charge on any atom is 0.298 e. The summed E-state index contributed by atoms with van der Waals surface area (Å²) in [5.74, 6) is 0.602. The highest BCUT2D eigenvalue weighted by molar-refractivity contribution is 5.79. The molecule has 1 aliphatic heterocycles. The minimum Gasteiger partial charge on any atom is -0.423 e. The quantitative estimate of drug-likeness (QED) is 0.694. The van der Waals surface area contributed by atoms with Crippen molar-refractivity contribution in [3.05, 3.63) is 60.2 Å². The van der Waals surface area contributed by atoms with Crippen LogP contribution in [0.2, 0.25) is 0 Å². The summed E-state index contributed by atoms with van der Waals surface area (Å²) in [7, 11) is 0. The molecule has 1 amide bonds. The molecule has 5 heteroatoms. The zero-order chi connectivity index (χ0) is 19.3. The Kier molecular flexibility index (Phi) is 5.60. The van der Waals surface area contributed by atoms with Crippen LogP contribution in [0.3, 0.4) is 0 Å². The van der Waals surface area contributed by atoms with Gasteiger partial charge in [-0.1, -0.05) is 49.4 Å². The summed E-state index contributed by atoms with van der Waals surface area (Å²) in [5, 5.41) is 3.18. The molecule has 5 nitrogen and oxygen atoms in total. The summed E-state index contributed by atoms with van der Waals surface area (Å²) in [6.45, 7) is 4.45. The predicted octanol–water partition coefficient (Wildman–Crippen LogP) is 4.35. The highest BCUT2D eigenvalue weighted by Crippen LogP contribution is 2.26. The van der Waals surface area contributed by atoms with Crippen molar-refractivity contribution in [2.75, 3.05) is 24.5 Å². The number of amides is 1. The van der Waals surface area contributed by atoms with Crippen molar-refractivity contribution in [3.8, 4) is 0 Å². The molecule has 28 heavy (non-hydrogen) atoms. The molecule has 1 aliphatic rings. The van der Waals surface area contributed by atoms with E-state index in [2.05, 4.69) is 46.4 Å². The Bertz CT molecular complexity index is 881. The lowest BCUT2D eigenvalue weighted by molar-refractivity contribution is -0.125. The molecular weight excluding hydrogens is 350 g/mol. The molecule has 0 spiro atoms. The molecule has 1 fully saturated rings. The van der Waals surface area contributed by atoms with Crippen molar-refractivity contribution < 1.29 is 9.21 Å². The maximum atomic E-state index is 12.7. The molecule has 4 rings (SSSR count). The number of carbonyl (C=O) groups is 1. The van der Waals surface area contributed by atoms with Crippen LogP contribution in [-0.2, 0) is 4.79 Å². The highest BCUT2D eigenvalue weighted by Gasteiger charge is 2.27. The number of para-hydroxylation sites is 2. The van der Waals surface area contributed by atoms with E-state index in [9.17, 15) is 4.79 Å². The number of nitrogens with one attached hydrogen (secondary N) is 1. The third-order valence-electron chi connectivity index (χ3n) is 5.71. The number of fused-ring (bicyclic) bond motifs is 1. The number of carbonyl (C=O) groups excluding carboxylic acids is 1. The fourth-order valence-corrected chi connectivity index (χ4v) is 3.92. The Hall–Kier alpha value is -2.82. The van der Waals surface area contributed by atoms with E-state index in [1.807, 2.05) is 30.3 Å². The Balaban J connectivity index is 1.30. The van der Waals surface area contributed by atoms with Gasteiger partial charge in [0, 0.05) is 31.5 Å². The fraction of sp³-hybridized carbons (Fsp3) is 0.391. The van der Waals surface area contributed by atoms with Crippen LogP contribution in [0.4, 0.5) is 6.01 Å². The van der Waals surface area contributed by atoms with Crippen molar-refractivity contribution in [1.82, 2.24) is 10.3 Å². The molecule has 1 saturated heterocycles. The van der Waals surface area contributed by atoms with Crippen LogP contribution in [0.25, 0.3) is 11.1 Å². The van der Waals surface area contributed by atoms with Crippen LogP contribution in [-0.4, -0.2) is 30.5 Å². The first-order chi connectivity index (χ1) is 13.7. The highest BCUT2D eigenvalue weighted by atomic mass is 16.4. The molecule has 1 N–H and O–H groups in total. The third kappa shape index (κ3) is 4.03. The molecule has 1 unspecified atom stereocenters. The summed E-state index contributed by atoms with van der Waals surface area (Å²) in [6.07, 6.45) is 2.67. The Labute approximate surface area is 165 Å². The van der Waals surface area contributed by atoms with Gasteiger partial charge in [-0.3, -0.25) is 4.79 Å². The number of hydrogen-bond donors (Lipinski definition) is 1. The number of nitrogens with zero attached hydrogens (tertiary/aromatic N) is 2. The SMILES string of the molecule is CCC(CNC(=O)C1CCN(c2nc3ccccc3o2)CC1)c1ccccc1. The molecular formula is C23H27N3O2. The average Bonchev–Trinajstić information content (AvgIpc) is 3.19. The second-order valence-corrected chi connectivity index (χ2v) is 7.49. The molecule has 2 aromatic carbocycles. The van der Waals surface area contributed by atoms with Gasteiger partial charge in [0.15, 0.2) is 5.58 Å². The van der Waals surface area contributed by atoms with Crippen molar-refractivity contribution >= 4 is 23.0 Å².